The summed E-state index contributed by atoms with van der Waals surface area (Å²) in [5, 5.41) is 9.11. The third kappa shape index (κ3) is 2.31. The van der Waals surface area contributed by atoms with Crippen molar-refractivity contribution in [3.8, 4) is 0 Å². The Morgan fingerprint density at radius 1 is 1.00 bits per heavy atom. The second kappa shape index (κ2) is 6.05. The van der Waals surface area contributed by atoms with Crippen molar-refractivity contribution in [2.75, 3.05) is 16.8 Å². The van der Waals surface area contributed by atoms with Crippen molar-refractivity contribution in [3.63, 3.8) is 0 Å². The van der Waals surface area contributed by atoms with E-state index in [2.05, 4.69) is 15.5 Å². The van der Waals surface area contributed by atoms with Crippen molar-refractivity contribution < 1.29 is 14.4 Å². The zero-order chi connectivity index (χ0) is 19.3. The van der Waals surface area contributed by atoms with Gasteiger partial charge in [0.15, 0.2) is 0 Å². The van der Waals surface area contributed by atoms with E-state index in [1.165, 1.54) is 11.1 Å². The van der Waals surface area contributed by atoms with Crippen LogP contribution < -0.4 is 10.2 Å². The molecule has 0 saturated carbocycles. The molecule has 8 nitrogen and oxygen atoms in total. The first kappa shape index (κ1) is 16.2. The maximum atomic E-state index is 13.2. The molecule has 0 fully saturated rings. The van der Waals surface area contributed by atoms with Gasteiger partial charge in [-0.2, -0.15) is 5.10 Å². The molecule has 3 heterocycles. The molecule has 0 saturated heterocycles. The van der Waals surface area contributed by atoms with E-state index >= 15 is 0 Å². The molecule has 3 aromatic rings. The summed E-state index contributed by atoms with van der Waals surface area (Å²) in [6.07, 6.45) is 0.865. The average molecular weight is 373 g/mol. The van der Waals surface area contributed by atoms with Gasteiger partial charge >= 0.3 is 0 Å². The van der Waals surface area contributed by atoms with Gasteiger partial charge in [-0.1, -0.05) is 30.3 Å². The summed E-state index contributed by atoms with van der Waals surface area (Å²) < 4.78 is 0. The molecule has 2 aromatic carbocycles. The number of aromatic amines is 1. The van der Waals surface area contributed by atoms with Crippen molar-refractivity contribution in [2.45, 2.75) is 6.17 Å². The Balaban J connectivity index is 1.57. The first-order valence-corrected chi connectivity index (χ1v) is 8.77. The highest BCUT2D eigenvalue weighted by molar-refractivity contribution is 6.17. The first-order chi connectivity index (χ1) is 13.6. The highest BCUT2D eigenvalue weighted by Gasteiger charge is 2.48. The molecule has 3 amide bonds. The Morgan fingerprint density at radius 2 is 1.75 bits per heavy atom. The number of nitrogens with one attached hydrogen (secondary N) is 2. The number of H-pyrrole nitrogens is 1. The summed E-state index contributed by atoms with van der Waals surface area (Å²) in [6, 6.07) is 15.8. The summed E-state index contributed by atoms with van der Waals surface area (Å²) in [5.41, 5.74) is 2.21. The number of hydrogen-bond donors (Lipinski definition) is 2. The molecule has 0 spiro atoms. The second-order valence-corrected chi connectivity index (χ2v) is 6.60. The minimum atomic E-state index is -0.654. The van der Waals surface area contributed by atoms with Gasteiger partial charge < -0.3 is 10.2 Å². The third-order valence-corrected chi connectivity index (χ3v) is 4.97. The van der Waals surface area contributed by atoms with Crippen LogP contribution in [0.2, 0.25) is 0 Å². The molecule has 5 rings (SSSR count). The predicted octanol–water partition coefficient (Wildman–Crippen LogP) is 2.16. The smallest absolute Gasteiger partial charge is 0.260 e. The molecule has 8 heteroatoms. The highest BCUT2D eigenvalue weighted by Crippen LogP contribution is 2.44. The highest BCUT2D eigenvalue weighted by atomic mass is 16.2. The van der Waals surface area contributed by atoms with Gasteiger partial charge in [0, 0.05) is 17.2 Å². The number of nitrogens with zero attached hydrogens (tertiary/aromatic N) is 3. The monoisotopic (exact) mass is 373 g/mol. The van der Waals surface area contributed by atoms with Crippen LogP contribution >= 0.6 is 0 Å². The van der Waals surface area contributed by atoms with Crippen molar-refractivity contribution >= 4 is 29.2 Å². The molecule has 2 N–H and O–H groups in total. The van der Waals surface area contributed by atoms with Crippen LogP contribution in [0.3, 0.4) is 0 Å². The van der Waals surface area contributed by atoms with E-state index < -0.39 is 6.17 Å². The first-order valence-electron chi connectivity index (χ1n) is 8.77. The molecule has 0 aliphatic carbocycles. The van der Waals surface area contributed by atoms with E-state index in [-0.39, 0.29) is 24.3 Å². The molecule has 0 radical (unpaired) electrons. The SMILES string of the molecule is O=C(CN1C(=O)c2ccccc2N2C(=O)c3ccccc3[C@@H]12)Nc1ccn[nH]1. The van der Waals surface area contributed by atoms with E-state index in [0.717, 1.165) is 0 Å². The number of para-hydroxylation sites is 1. The Labute approximate surface area is 159 Å². The van der Waals surface area contributed by atoms with E-state index in [0.29, 0.717) is 28.2 Å². The molecule has 1 aromatic heterocycles. The third-order valence-electron chi connectivity index (χ3n) is 4.97. The quantitative estimate of drug-likeness (QED) is 0.735. The van der Waals surface area contributed by atoms with Crippen LogP contribution in [-0.4, -0.2) is 39.4 Å². The lowest BCUT2D eigenvalue weighted by Crippen LogP contribution is -2.50. The minimum Gasteiger partial charge on any atom is -0.310 e. The van der Waals surface area contributed by atoms with Crippen LogP contribution in [-0.2, 0) is 4.79 Å². The molecule has 1 atom stereocenters. The Bertz CT molecular complexity index is 1110. The number of carbonyl (C=O) groups excluding carboxylic acids is 3. The number of aromatic nitrogens is 2. The normalized spacial score (nSPS) is 17.2. The fourth-order valence-electron chi connectivity index (χ4n) is 3.80. The number of hydrogen-bond acceptors (Lipinski definition) is 4. The summed E-state index contributed by atoms with van der Waals surface area (Å²) in [5.74, 6) is -0.413. The minimum absolute atomic E-state index is 0.181. The zero-order valence-electron chi connectivity index (χ0n) is 14.6. The number of rotatable bonds is 3. The van der Waals surface area contributed by atoms with Crippen molar-refractivity contribution in [1.82, 2.24) is 15.1 Å². The number of fused-ring (bicyclic) bond motifs is 5. The van der Waals surface area contributed by atoms with Gasteiger partial charge in [-0.25, -0.2) is 0 Å². The van der Waals surface area contributed by atoms with Gasteiger partial charge in [0.25, 0.3) is 11.8 Å². The largest absolute Gasteiger partial charge is 0.310 e. The van der Waals surface area contributed by atoms with Gasteiger partial charge in [0.1, 0.15) is 18.5 Å². The van der Waals surface area contributed by atoms with Gasteiger partial charge in [-0.05, 0) is 18.2 Å². The summed E-state index contributed by atoms with van der Waals surface area (Å²) in [4.78, 5) is 41.8. The maximum absolute atomic E-state index is 13.2. The fourth-order valence-corrected chi connectivity index (χ4v) is 3.80. The van der Waals surface area contributed by atoms with E-state index in [1.54, 1.807) is 47.4 Å². The lowest BCUT2D eigenvalue weighted by atomic mass is 10.0. The van der Waals surface area contributed by atoms with Crippen molar-refractivity contribution in [3.05, 3.63) is 77.5 Å². The van der Waals surface area contributed by atoms with Crippen LogP contribution in [0.4, 0.5) is 11.5 Å². The van der Waals surface area contributed by atoms with Crippen molar-refractivity contribution in [1.29, 1.82) is 0 Å². The zero-order valence-corrected chi connectivity index (χ0v) is 14.6. The Hall–Kier alpha value is -3.94. The van der Waals surface area contributed by atoms with Crippen LogP contribution in [0, 0.1) is 0 Å². The standard InChI is InChI=1S/C20H15N5O3/c26-17(22-16-9-10-21-23-16)11-24-18-12-5-1-2-6-13(12)20(28)25(18)15-8-4-3-7-14(15)19(24)27/h1-10,18H,11H2,(H2,21,22,23,26)/t18-/m0/s1. The van der Waals surface area contributed by atoms with E-state index in [9.17, 15) is 14.4 Å². The number of anilines is 2. The Morgan fingerprint density at radius 3 is 2.54 bits per heavy atom. The lowest BCUT2D eigenvalue weighted by molar-refractivity contribution is -0.117. The van der Waals surface area contributed by atoms with E-state index in [4.69, 9.17) is 0 Å². The summed E-state index contributed by atoms with van der Waals surface area (Å²) in [6.45, 7) is -0.199. The molecule has 138 valence electrons. The van der Waals surface area contributed by atoms with Crippen LogP contribution in [0.5, 0.6) is 0 Å². The van der Waals surface area contributed by atoms with Gasteiger partial charge in [-0.3, -0.25) is 24.4 Å². The number of benzene rings is 2. The van der Waals surface area contributed by atoms with Crippen LogP contribution in [0.25, 0.3) is 0 Å². The van der Waals surface area contributed by atoms with Gasteiger partial charge in [0.05, 0.1) is 17.4 Å². The molecule has 28 heavy (non-hydrogen) atoms. The molecular weight excluding hydrogens is 358 g/mol. The lowest BCUT2D eigenvalue weighted by Gasteiger charge is -2.40. The van der Waals surface area contributed by atoms with Crippen LogP contribution in [0.1, 0.15) is 32.4 Å². The molecule has 0 unspecified atom stereocenters. The second-order valence-electron chi connectivity index (χ2n) is 6.60. The predicted molar refractivity (Wildman–Crippen MR) is 101 cm³/mol. The molecule has 0 bridgehead atoms. The maximum Gasteiger partial charge on any atom is 0.260 e. The van der Waals surface area contributed by atoms with Crippen molar-refractivity contribution in [2.24, 2.45) is 0 Å². The molecule has 2 aliphatic rings. The topological polar surface area (TPSA) is 98.4 Å². The summed E-state index contributed by atoms with van der Waals surface area (Å²) >= 11 is 0. The summed E-state index contributed by atoms with van der Waals surface area (Å²) in [7, 11) is 0. The average Bonchev–Trinajstić information content (AvgIpc) is 3.32. The fraction of sp³-hybridized carbons (Fsp3) is 0.100. The Kier molecular flexibility index (Phi) is 3.51. The molecule has 2 aliphatic heterocycles. The molecular formula is C20H15N5O3. The number of carbonyl (C=O) groups is 3. The van der Waals surface area contributed by atoms with Gasteiger partial charge in [0.2, 0.25) is 5.91 Å². The van der Waals surface area contributed by atoms with Crippen LogP contribution in [0.15, 0.2) is 60.8 Å². The number of amides is 3. The van der Waals surface area contributed by atoms with E-state index in [1.807, 2.05) is 12.1 Å². The van der Waals surface area contributed by atoms with Gasteiger partial charge in [-0.15, -0.1) is 0 Å².